The largest absolute Gasteiger partial charge is 0.506 e. The molecule has 0 amide bonds. The maximum absolute atomic E-state index is 13.3. The predicted octanol–water partition coefficient (Wildman–Crippen LogP) is 5.99. The molecule has 0 unspecified atom stereocenters. The van der Waals surface area contributed by atoms with E-state index in [-0.39, 0.29) is 40.0 Å². The molecule has 1 heterocycles. The van der Waals surface area contributed by atoms with Gasteiger partial charge in [0.05, 0.1) is 31.7 Å². The summed E-state index contributed by atoms with van der Waals surface area (Å²) in [4.78, 5) is 14.3. The molecule has 10 heteroatoms. The summed E-state index contributed by atoms with van der Waals surface area (Å²) in [6.07, 6.45) is -2.97. The van der Waals surface area contributed by atoms with E-state index in [1.54, 1.807) is 25.1 Å². The van der Waals surface area contributed by atoms with Gasteiger partial charge in [-0.3, -0.25) is 0 Å². The number of thiocarbonyl (C=S) groups is 1. The number of hydrogen-bond donors (Lipinski definition) is 2. The Balaban J connectivity index is 2.07. The van der Waals surface area contributed by atoms with E-state index < -0.39 is 17.7 Å². The number of aromatic hydroxyl groups is 1. The zero-order valence-corrected chi connectivity index (χ0v) is 20.1. The summed E-state index contributed by atoms with van der Waals surface area (Å²) < 4.78 is 42.1. The fourth-order valence-corrected chi connectivity index (χ4v) is 4.88. The molecular weight excluding hydrogens is 521 g/mol. The van der Waals surface area contributed by atoms with E-state index >= 15 is 0 Å². The highest BCUT2D eigenvalue weighted by Gasteiger charge is 2.36. The topological polar surface area (TPSA) is 65.7 Å². The van der Waals surface area contributed by atoms with Crippen LogP contribution in [0.25, 0.3) is 10.9 Å². The predicted molar refractivity (Wildman–Crippen MR) is 126 cm³/mol. The number of carboxylic acid groups (broad SMARTS) is 1. The van der Waals surface area contributed by atoms with Gasteiger partial charge in [-0.15, -0.1) is 0 Å². The SMILES string of the molecule is CN(C)Cc1c(O)c(Br)cc2c1c(C(=O)O)c(C(=S)c1cccc(C(F)(F)F)c1)n2C1CC1. The Morgan fingerprint density at radius 1 is 1.27 bits per heavy atom. The Labute approximate surface area is 201 Å². The van der Waals surface area contributed by atoms with Crippen LogP contribution < -0.4 is 0 Å². The van der Waals surface area contributed by atoms with Crippen LogP contribution in [0.1, 0.15) is 51.6 Å². The van der Waals surface area contributed by atoms with Gasteiger partial charge in [-0.2, -0.15) is 13.2 Å². The van der Waals surface area contributed by atoms with Crippen LogP contribution in [0.2, 0.25) is 0 Å². The Morgan fingerprint density at radius 2 is 1.94 bits per heavy atom. The van der Waals surface area contributed by atoms with Crippen molar-refractivity contribution in [2.24, 2.45) is 0 Å². The molecule has 0 saturated heterocycles. The third-order valence-electron chi connectivity index (χ3n) is 5.59. The molecule has 3 aromatic rings. The lowest BCUT2D eigenvalue weighted by atomic mass is 9.99. The quantitative estimate of drug-likeness (QED) is 0.297. The first-order valence-electron chi connectivity index (χ1n) is 10.1. The second-order valence-corrected chi connectivity index (χ2v) is 9.62. The monoisotopic (exact) mass is 540 g/mol. The number of carboxylic acids is 1. The Bertz CT molecular complexity index is 1300. The Morgan fingerprint density at radius 3 is 2.48 bits per heavy atom. The molecule has 4 rings (SSSR count). The number of benzene rings is 2. The van der Waals surface area contributed by atoms with E-state index in [2.05, 4.69) is 15.9 Å². The number of nitrogens with zero attached hydrogens (tertiary/aromatic N) is 2. The maximum atomic E-state index is 13.3. The molecule has 1 aromatic heterocycles. The van der Waals surface area contributed by atoms with Crippen molar-refractivity contribution in [3.63, 3.8) is 0 Å². The van der Waals surface area contributed by atoms with E-state index in [1.165, 1.54) is 12.1 Å². The highest BCUT2D eigenvalue weighted by atomic mass is 79.9. The molecule has 1 aliphatic carbocycles. The third-order valence-corrected chi connectivity index (χ3v) is 6.62. The molecule has 0 radical (unpaired) electrons. The normalized spacial score (nSPS) is 14.3. The molecule has 2 aromatic carbocycles. The number of hydrogen-bond acceptors (Lipinski definition) is 4. The molecule has 174 valence electrons. The van der Waals surface area contributed by atoms with Gasteiger partial charge in [0.15, 0.2) is 0 Å². The number of aromatic carboxylic acids is 1. The van der Waals surface area contributed by atoms with Gasteiger partial charge in [0.1, 0.15) is 5.75 Å². The summed E-state index contributed by atoms with van der Waals surface area (Å²) in [6, 6.07) is 6.22. The Kier molecular flexibility index (Phi) is 6.05. The van der Waals surface area contributed by atoms with Gasteiger partial charge >= 0.3 is 12.1 Å². The second-order valence-electron chi connectivity index (χ2n) is 8.36. The summed E-state index contributed by atoms with van der Waals surface area (Å²) in [5, 5.41) is 21.3. The van der Waals surface area contributed by atoms with Gasteiger partial charge in [0.25, 0.3) is 0 Å². The van der Waals surface area contributed by atoms with Crippen molar-refractivity contribution in [3.8, 4) is 5.75 Å². The average Bonchev–Trinajstić information content (AvgIpc) is 3.51. The van der Waals surface area contributed by atoms with Crippen molar-refractivity contribution in [3.05, 3.63) is 62.8 Å². The van der Waals surface area contributed by atoms with Crippen molar-refractivity contribution in [1.29, 1.82) is 0 Å². The minimum atomic E-state index is -4.56. The summed E-state index contributed by atoms with van der Waals surface area (Å²) in [5.74, 6) is -1.34. The van der Waals surface area contributed by atoms with Crippen LogP contribution in [0.15, 0.2) is 34.8 Å². The standard InChI is InChI=1S/C23H20BrF3N2O3S/c1-28(2)10-14-17-16(9-15(24)20(14)30)29(13-6-7-13)19(18(17)22(31)32)21(33)11-4-3-5-12(8-11)23(25,26)27/h3-5,8-9,13,30H,6-7,10H2,1-2H3,(H,31,32). The molecule has 2 N–H and O–H groups in total. The number of aromatic nitrogens is 1. The maximum Gasteiger partial charge on any atom is 0.416 e. The van der Waals surface area contributed by atoms with Crippen molar-refractivity contribution in [1.82, 2.24) is 9.47 Å². The first-order chi connectivity index (χ1) is 15.4. The zero-order valence-electron chi connectivity index (χ0n) is 17.7. The van der Waals surface area contributed by atoms with Gasteiger partial charge in [-0.1, -0.05) is 24.4 Å². The lowest BCUT2D eigenvalue weighted by Crippen LogP contribution is -2.15. The van der Waals surface area contributed by atoms with E-state index in [9.17, 15) is 28.2 Å². The first kappa shape index (κ1) is 23.7. The van der Waals surface area contributed by atoms with Crippen LogP contribution in [0, 0.1) is 0 Å². The summed E-state index contributed by atoms with van der Waals surface area (Å²) >= 11 is 8.97. The molecule has 1 saturated carbocycles. The number of alkyl halides is 3. The molecule has 0 atom stereocenters. The van der Waals surface area contributed by atoms with Crippen molar-refractivity contribution in [2.45, 2.75) is 31.6 Å². The molecule has 0 spiro atoms. The van der Waals surface area contributed by atoms with Crippen LogP contribution in [0.3, 0.4) is 0 Å². The van der Waals surface area contributed by atoms with E-state index in [4.69, 9.17) is 12.2 Å². The molecule has 5 nitrogen and oxygen atoms in total. The van der Waals surface area contributed by atoms with Crippen LogP contribution in [0.5, 0.6) is 5.75 Å². The van der Waals surface area contributed by atoms with Gasteiger partial charge < -0.3 is 19.7 Å². The van der Waals surface area contributed by atoms with Crippen LogP contribution in [0.4, 0.5) is 13.2 Å². The van der Waals surface area contributed by atoms with Crippen molar-refractivity contribution in [2.75, 3.05) is 14.1 Å². The Hall–Kier alpha value is -2.43. The number of halogens is 4. The highest BCUT2D eigenvalue weighted by Crippen LogP contribution is 2.46. The fraction of sp³-hybridized carbons (Fsp3) is 0.304. The minimum absolute atomic E-state index is 0.0213. The summed E-state index contributed by atoms with van der Waals surface area (Å²) in [5.41, 5.74) is 0.312. The number of phenols is 1. The van der Waals surface area contributed by atoms with Gasteiger partial charge in [0.2, 0.25) is 0 Å². The number of carbonyl (C=O) groups is 1. The highest BCUT2D eigenvalue weighted by molar-refractivity contribution is 9.10. The van der Waals surface area contributed by atoms with E-state index in [0.717, 1.165) is 25.0 Å². The van der Waals surface area contributed by atoms with Gasteiger partial charge in [0, 0.05) is 23.5 Å². The smallest absolute Gasteiger partial charge is 0.416 e. The zero-order chi connectivity index (χ0) is 24.2. The fourth-order valence-electron chi connectivity index (χ4n) is 4.09. The molecule has 1 fully saturated rings. The molecule has 0 aliphatic heterocycles. The second kappa shape index (κ2) is 8.41. The minimum Gasteiger partial charge on any atom is -0.506 e. The number of rotatable bonds is 6. The number of fused-ring (bicyclic) bond motifs is 1. The van der Waals surface area contributed by atoms with Crippen LogP contribution in [-0.2, 0) is 12.7 Å². The summed E-state index contributed by atoms with van der Waals surface area (Å²) in [7, 11) is 3.58. The molecule has 1 aliphatic rings. The first-order valence-corrected chi connectivity index (χ1v) is 11.3. The van der Waals surface area contributed by atoms with Gasteiger partial charge in [-0.25, -0.2) is 4.79 Å². The molecule has 33 heavy (non-hydrogen) atoms. The molecule has 0 bridgehead atoms. The van der Waals surface area contributed by atoms with Crippen LogP contribution >= 0.6 is 28.1 Å². The number of phenolic OH excluding ortho intramolecular Hbond substituents is 1. The lowest BCUT2D eigenvalue weighted by Gasteiger charge is -2.15. The van der Waals surface area contributed by atoms with E-state index in [0.29, 0.717) is 20.9 Å². The summed E-state index contributed by atoms with van der Waals surface area (Å²) in [6.45, 7) is 0.256. The average molecular weight is 541 g/mol. The van der Waals surface area contributed by atoms with Crippen molar-refractivity contribution < 1.29 is 28.2 Å². The molecular formula is C23H20BrF3N2O3S. The third kappa shape index (κ3) is 4.27. The lowest BCUT2D eigenvalue weighted by molar-refractivity contribution is -0.137. The van der Waals surface area contributed by atoms with Crippen LogP contribution in [-0.4, -0.2) is 44.6 Å². The van der Waals surface area contributed by atoms with E-state index in [1.807, 2.05) is 4.57 Å². The van der Waals surface area contributed by atoms with Gasteiger partial charge in [-0.05, 0) is 66.6 Å². The van der Waals surface area contributed by atoms with Crippen molar-refractivity contribution >= 4 is 49.9 Å².